The van der Waals surface area contributed by atoms with E-state index in [1.54, 1.807) is 6.07 Å². The summed E-state index contributed by atoms with van der Waals surface area (Å²) in [5, 5.41) is 10.3. The molecule has 0 bridgehead atoms. The number of hydrogen-bond acceptors (Lipinski definition) is 7. The Labute approximate surface area is 328 Å². The average Bonchev–Trinajstić information content (AvgIpc) is 3.25. The van der Waals surface area contributed by atoms with E-state index in [4.69, 9.17) is 28.4 Å². The number of halogens is 1. The van der Waals surface area contributed by atoms with Gasteiger partial charge in [-0.25, -0.2) is 4.39 Å². The monoisotopic (exact) mass is 754 g/mol. The van der Waals surface area contributed by atoms with Gasteiger partial charge in [-0.2, -0.15) is 0 Å². The maximum atomic E-state index is 15.5. The highest BCUT2D eigenvalue weighted by molar-refractivity contribution is 5.41. The van der Waals surface area contributed by atoms with Crippen LogP contribution in [-0.4, -0.2) is 36.1 Å². The molecule has 0 spiro atoms. The molecular formula is C48H47FO7. The van der Waals surface area contributed by atoms with Crippen LogP contribution in [-0.2, 0) is 63.3 Å². The molecule has 7 rings (SSSR count). The minimum absolute atomic E-state index is 0.110. The van der Waals surface area contributed by atoms with Crippen LogP contribution in [0.5, 0.6) is 5.75 Å². The number of aliphatic hydroxyl groups excluding tert-OH is 1. The maximum absolute atomic E-state index is 15.5. The predicted octanol–water partition coefficient (Wildman–Crippen LogP) is 9.31. The number of aliphatic hydroxyl groups is 1. The fraction of sp³-hybridized carbons (Fsp3) is 0.250. The van der Waals surface area contributed by atoms with Gasteiger partial charge in [0.2, 0.25) is 0 Å². The van der Waals surface area contributed by atoms with E-state index in [0.717, 1.165) is 27.8 Å². The first-order valence-corrected chi connectivity index (χ1v) is 19.0. The molecule has 6 aromatic carbocycles. The number of hydrogen-bond donors (Lipinski definition) is 1. The SMILES string of the molecule is OCc1cc([C@@H]2O[C@H](COCc3ccccc3)[C@@H](OCc3ccccc3)C(OCc3ccccc3)[C@H]2OCc2ccccc2)c(OCc2ccccc2)cc1F. The molecule has 6 aromatic rings. The van der Waals surface area contributed by atoms with Crippen LogP contribution in [0.15, 0.2) is 164 Å². The Balaban J connectivity index is 1.30. The molecule has 1 aliphatic heterocycles. The molecule has 0 aromatic heterocycles. The van der Waals surface area contributed by atoms with Crippen molar-refractivity contribution in [3.05, 3.63) is 209 Å². The second-order valence-corrected chi connectivity index (χ2v) is 13.8. The smallest absolute Gasteiger partial charge is 0.132 e. The minimum Gasteiger partial charge on any atom is -0.488 e. The molecule has 56 heavy (non-hydrogen) atoms. The Morgan fingerprint density at radius 2 is 0.929 bits per heavy atom. The van der Waals surface area contributed by atoms with Gasteiger partial charge in [0.25, 0.3) is 0 Å². The summed E-state index contributed by atoms with van der Waals surface area (Å²) in [7, 11) is 0. The Bertz CT molecular complexity index is 2030. The van der Waals surface area contributed by atoms with Gasteiger partial charge in [0.15, 0.2) is 0 Å². The zero-order valence-electron chi connectivity index (χ0n) is 31.2. The molecule has 1 fully saturated rings. The van der Waals surface area contributed by atoms with E-state index in [0.29, 0.717) is 18.8 Å². The Morgan fingerprint density at radius 3 is 1.41 bits per heavy atom. The Morgan fingerprint density at radius 1 is 0.500 bits per heavy atom. The molecule has 1 unspecified atom stereocenters. The highest BCUT2D eigenvalue weighted by Gasteiger charge is 2.50. The molecule has 0 aliphatic carbocycles. The van der Waals surface area contributed by atoms with E-state index >= 15 is 4.39 Å². The topological polar surface area (TPSA) is 75.6 Å². The minimum atomic E-state index is -0.849. The van der Waals surface area contributed by atoms with Crippen molar-refractivity contribution in [3.8, 4) is 5.75 Å². The first-order valence-electron chi connectivity index (χ1n) is 19.0. The average molecular weight is 755 g/mol. The molecule has 0 saturated carbocycles. The van der Waals surface area contributed by atoms with Crippen LogP contribution in [0.4, 0.5) is 4.39 Å². The zero-order chi connectivity index (χ0) is 38.4. The van der Waals surface area contributed by atoms with Gasteiger partial charge in [0, 0.05) is 17.2 Å². The summed E-state index contributed by atoms with van der Waals surface area (Å²) in [4.78, 5) is 0. The van der Waals surface area contributed by atoms with Crippen molar-refractivity contribution in [2.75, 3.05) is 6.61 Å². The summed E-state index contributed by atoms with van der Waals surface area (Å²) in [6.45, 7) is 1.00. The molecule has 1 aliphatic rings. The van der Waals surface area contributed by atoms with Crippen LogP contribution in [0, 0.1) is 5.82 Å². The number of ether oxygens (including phenoxy) is 6. The van der Waals surface area contributed by atoms with Crippen LogP contribution in [0.3, 0.4) is 0 Å². The van der Waals surface area contributed by atoms with Crippen LogP contribution >= 0.6 is 0 Å². The third kappa shape index (κ3) is 10.6. The van der Waals surface area contributed by atoms with Crippen LogP contribution in [0.2, 0.25) is 0 Å². The Kier molecular flexibility index (Phi) is 14.0. The van der Waals surface area contributed by atoms with Crippen LogP contribution < -0.4 is 4.74 Å². The summed E-state index contributed by atoms with van der Waals surface area (Å²) in [6, 6.07) is 52.3. The van der Waals surface area contributed by atoms with E-state index in [1.165, 1.54) is 6.07 Å². The lowest BCUT2D eigenvalue weighted by Crippen LogP contribution is -2.58. The zero-order valence-corrected chi connectivity index (χ0v) is 31.2. The van der Waals surface area contributed by atoms with Crippen molar-refractivity contribution < 1.29 is 37.9 Å². The van der Waals surface area contributed by atoms with Gasteiger partial charge < -0.3 is 33.5 Å². The van der Waals surface area contributed by atoms with Gasteiger partial charge >= 0.3 is 0 Å². The standard InChI is InChI=1S/C48H47FO7/c49-42-27-43(52-30-36-18-8-2-9-19-36)41(26-40(42)28-50)45-47(54-32-38-22-12-4-13-23-38)48(55-33-39-24-14-5-15-25-39)46(53-31-37-20-10-3-11-21-37)44(56-45)34-51-29-35-16-6-1-7-17-35/h1-27,44-48,50H,28-34H2/t44-,45+,46-,47+,48?/m1/s1. The fourth-order valence-electron chi connectivity index (χ4n) is 6.86. The summed E-state index contributed by atoms with van der Waals surface area (Å²) < 4.78 is 56.0. The van der Waals surface area contributed by atoms with Crippen LogP contribution in [0.25, 0.3) is 0 Å². The van der Waals surface area contributed by atoms with Crippen molar-refractivity contribution in [1.29, 1.82) is 0 Å². The van der Waals surface area contributed by atoms with Crippen molar-refractivity contribution in [3.63, 3.8) is 0 Å². The largest absolute Gasteiger partial charge is 0.488 e. The second-order valence-electron chi connectivity index (χ2n) is 13.8. The maximum Gasteiger partial charge on any atom is 0.132 e. The first-order chi connectivity index (χ1) is 27.6. The van der Waals surface area contributed by atoms with E-state index < -0.39 is 42.9 Å². The third-order valence-corrected chi connectivity index (χ3v) is 9.78. The highest BCUT2D eigenvalue weighted by Crippen LogP contribution is 2.43. The summed E-state index contributed by atoms with van der Waals surface area (Å²) in [6.07, 6.45) is -3.64. The summed E-state index contributed by atoms with van der Waals surface area (Å²) in [5.41, 5.74) is 5.49. The van der Waals surface area contributed by atoms with Gasteiger partial charge in [0.1, 0.15) is 48.7 Å². The molecular weight excluding hydrogens is 708 g/mol. The lowest BCUT2D eigenvalue weighted by atomic mass is 9.89. The lowest BCUT2D eigenvalue weighted by Gasteiger charge is -2.46. The van der Waals surface area contributed by atoms with E-state index in [2.05, 4.69) is 0 Å². The summed E-state index contributed by atoms with van der Waals surface area (Å²) in [5.74, 6) is -0.308. The quantitative estimate of drug-likeness (QED) is 0.0938. The van der Waals surface area contributed by atoms with Gasteiger partial charge in [-0.05, 0) is 33.9 Å². The van der Waals surface area contributed by atoms with Crippen LogP contribution in [0.1, 0.15) is 45.0 Å². The number of rotatable bonds is 18. The van der Waals surface area contributed by atoms with Gasteiger partial charge in [-0.1, -0.05) is 152 Å². The normalized spacial score (nSPS) is 19.4. The molecule has 1 saturated heterocycles. The lowest BCUT2D eigenvalue weighted by molar-refractivity contribution is -0.275. The summed E-state index contributed by atoms with van der Waals surface area (Å²) >= 11 is 0. The molecule has 7 nitrogen and oxygen atoms in total. The van der Waals surface area contributed by atoms with Gasteiger partial charge in [-0.3, -0.25) is 0 Å². The van der Waals surface area contributed by atoms with Gasteiger partial charge in [0.05, 0.1) is 39.6 Å². The molecule has 0 radical (unpaired) electrons. The molecule has 1 N–H and O–H groups in total. The first kappa shape index (κ1) is 39.1. The fourth-order valence-corrected chi connectivity index (χ4v) is 6.86. The highest BCUT2D eigenvalue weighted by atomic mass is 19.1. The third-order valence-electron chi connectivity index (χ3n) is 9.78. The number of benzene rings is 6. The molecule has 1 heterocycles. The van der Waals surface area contributed by atoms with E-state index in [1.807, 2.05) is 152 Å². The van der Waals surface area contributed by atoms with E-state index in [9.17, 15) is 5.11 Å². The predicted molar refractivity (Wildman–Crippen MR) is 212 cm³/mol. The van der Waals surface area contributed by atoms with E-state index in [-0.39, 0.29) is 37.7 Å². The van der Waals surface area contributed by atoms with Crippen molar-refractivity contribution >= 4 is 0 Å². The Hall–Kier alpha value is -5.19. The van der Waals surface area contributed by atoms with Crippen molar-refractivity contribution in [2.24, 2.45) is 0 Å². The molecule has 288 valence electrons. The molecule has 0 amide bonds. The van der Waals surface area contributed by atoms with Gasteiger partial charge in [-0.15, -0.1) is 0 Å². The van der Waals surface area contributed by atoms with Crippen molar-refractivity contribution in [2.45, 2.75) is 70.2 Å². The second kappa shape index (κ2) is 20.1. The molecule has 5 atom stereocenters. The van der Waals surface area contributed by atoms with Crippen molar-refractivity contribution in [1.82, 2.24) is 0 Å². The molecule has 8 heteroatoms.